The number of thiazole rings is 1. The van der Waals surface area contributed by atoms with Crippen LogP contribution in [-0.4, -0.2) is 46.7 Å². The quantitative estimate of drug-likeness (QED) is 0.340. The van der Waals surface area contributed by atoms with Crippen LogP contribution in [0.2, 0.25) is 0 Å². The molecule has 0 saturated heterocycles. The fourth-order valence-corrected chi connectivity index (χ4v) is 4.68. The summed E-state index contributed by atoms with van der Waals surface area (Å²) in [6.45, 7) is 1.79. The van der Waals surface area contributed by atoms with Gasteiger partial charge in [0.1, 0.15) is 33.4 Å². The van der Waals surface area contributed by atoms with Gasteiger partial charge in [0.25, 0.3) is 11.8 Å². The Labute approximate surface area is 194 Å². The number of aromatic nitrogens is 7. The van der Waals surface area contributed by atoms with Crippen LogP contribution in [0.5, 0.6) is 0 Å². The van der Waals surface area contributed by atoms with Crippen LogP contribution in [0.25, 0.3) is 21.6 Å². The van der Waals surface area contributed by atoms with E-state index in [9.17, 15) is 9.59 Å². The van der Waals surface area contributed by atoms with Crippen LogP contribution in [0, 0.1) is 0 Å². The Hall–Kier alpha value is -3.97. The number of anilines is 1. The van der Waals surface area contributed by atoms with E-state index >= 15 is 0 Å². The number of hydrogen-bond donors (Lipinski definition) is 3. The third-order valence-corrected chi connectivity index (χ3v) is 6.88. The summed E-state index contributed by atoms with van der Waals surface area (Å²) in [4.78, 5) is 39.4. The minimum Gasteiger partial charge on any atom is -0.342 e. The van der Waals surface area contributed by atoms with Gasteiger partial charge in [-0.3, -0.25) is 19.4 Å². The first-order valence-corrected chi connectivity index (χ1v) is 11.5. The van der Waals surface area contributed by atoms with Crippen LogP contribution < -0.4 is 10.6 Å². The highest BCUT2D eigenvalue weighted by atomic mass is 32.1. The molecule has 0 aliphatic rings. The molecule has 5 aromatic rings. The van der Waals surface area contributed by atoms with Crippen LogP contribution >= 0.6 is 22.7 Å². The Morgan fingerprint density at radius 1 is 1.18 bits per heavy atom. The zero-order chi connectivity index (χ0) is 22.9. The summed E-state index contributed by atoms with van der Waals surface area (Å²) < 4.78 is 1.58. The maximum Gasteiger partial charge on any atom is 0.271 e. The van der Waals surface area contributed by atoms with Crippen LogP contribution in [0.4, 0.5) is 5.82 Å². The number of aryl methyl sites for hydroxylation is 1. The maximum atomic E-state index is 12.8. The van der Waals surface area contributed by atoms with Crippen LogP contribution in [0.3, 0.4) is 0 Å². The number of nitrogens with one attached hydrogen (secondary N) is 3. The fraction of sp³-hybridized carbons (Fsp3) is 0.150. The van der Waals surface area contributed by atoms with Crippen LogP contribution in [0.1, 0.15) is 38.1 Å². The minimum absolute atomic E-state index is 0.232. The highest BCUT2D eigenvalue weighted by molar-refractivity contribution is 7.14. The molecule has 0 spiro atoms. The molecule has 0 bridgehead atoms. The lowest BCUT2D eigenvalue weighted by Crippen LogP contribution is -2.27. The van der Waals surface area contributed by atoms with Crippen LogP contribution in [0.15, 0.2) is 42.3 Å². The van der Waals surface area contributed by atoms with E-state index in [1.165, 1.54) is 23.9 Å². The predicted octanol–water partition coefficient (Wildman–Crippen LogP) is 3.01. The summed E-state index contributed by atoms with van der Waals surface area (Å²) in [5, 5.41) is 19.9. The van der Waals surface area contributed by atoms with Crippen molar-refractivity contribution in [2.45, 2.75) is 13.0 Å². The number of rotatable bonds is 6. The van der Waals surface area contributed by atoms with Crippen molar-refractivity contribution in [1.82, 2.24) is 40.2 Å². The normalized spacial score (nSPS) is 12.1. The number of aromatic amines is 1. The first kappa shape index (κ1) is 20.9. The molecule has 13 heteroatoms. The van der Waals surface area contributed by atoms with Crippen molar-refractivity contribution < 1.29 is 9.59 Å². The average molecular weight is 480 g/mol. The Balaban J connectivity index is 1.26. The second kappa shape index (κ2) is 8.52. The zero-order valence-corrected chi connectivity index (χ0v) is 19.1. The molecule has 0 aliphatic carbocycles. The molecule has 5 aromatic heterocycles. The van der Waals surface area contributed by atoms with Crippen LogP contribution in [-0.2, 0) is 7.05 Å². The summed E-state index contributed by atoms with van der Waals surface area (Å²) in [5.74, 6) is -0.196. The van der Waals surface area contributed by atoms with Crippen molar-refractivity contribution in [3.63, 3.8) is 0 Å². The Morgan fingerprint density at radius 2 is 2.06 bits per heavy atom. The van der Waals surface area contributed by atoms with Gasteiger partial charge in [0.2, 0.25) is 0 Å². The minimum atomic E-state index is -0.427. The Kier molecular flexibility index (Phi) is 5.40. The van der Waals surface area contributed by atoms with Gasteiger partial charge in [0, 0.05) is 13.1 Å². The molecule has 2 amide bonds. The molecule has 3 N–H and O–H groups in total. The molecular weight excluding hydrogens is 462 g/mol. The van der Waals surface area contributed by atoms with E-state index in [0.717, 1.165) is 10.6 Å². The van der Waals surface area contributed by atoms with Crippen molar-refractivity contribution >= 4 is 51.3 Å². The van der Waals surface area contributed by atoms with Gasteiger partial charge in [-0.2, -0.15) is 10.2 Å². The van der Waals surface area contributed by atoms with Crippen molar-refractivity contribution in [3.05, 3.63) is 57.9 Å². The molecule has 33 heavy (non-hydrogen) atoms. The molecule has 5 heterocycles. The van der Waals surface area contributed by atoms with Crippen molar-refractivity contribution in [2.24, 2.45) is 7.05 Å². The summed E-state index contributed by atoms with van der Waals surface area (Å²) in [6.07, 6.45) is 4.37. The molecule has 166 valence electrons. The number of fused-ring (bicyclic) bond motifs is 1. The van der Waals surface area contributed by atoms with E-state index in [2.05, 4.69) is 40.9 Å². The number of H-pyrrole nitrogens is 1. The van der Waals surface area contributed by atoms with Gasteiger partial charge in [-0.25, -0.2) is 15.0 Å². The lowest BCUT2D eigenvalue weighted by Gasteiger charge is -2.11. The van der Waals surface area contributed by atoms with E-state index in [1.807, 2.05) is 17.5 Å². The summed E-state index contributed by atoms with van der Waals surface area (Å²) in [5.41, 5.74) is 1.56. The number of amides is 2. The lowest BCUT2D eigenvalue weighted by molar-refractivity contribution is 0.0936. The van der Waals surface area contributed by atoms with Gasteiger partial charge in [-0.15, -0.1) is 22.7 Å². The topological polar surface area (TPSA) is 143 Å². The van der Waals surface area contributed by atoms with Crippen molar-refractivity contribution in [2.75, 3.05) is 5.32 Å². The highest BCUT2D eigenvalue weighted by Crippen LogP contribution is 2.26. The molecule has 0 saturated carbocycles. The number of carbonyl (C=O) groups excluding carboxylic acids is 2. The number of carbonyl (C=O) groups is 2. The lowest BCUT2D eigenvalue weighted by atomic mass is 10.2. The van der Waals surface area contributed by atoms with E-state index < -0.39 is 6.04 Å². The molecule has 0 radical (unpaired) electrons. The van der Waals surface area contributed by atoms with E-state index in [4.69, 9.17) is 0 Å². The van der Waals surface area contributed by atoms with Gasteiger partial charge < -0.3 is 10.6 Å². The zero-order valence-electron chi connectivity index (χ0n) is 17.4. The Bertz CT molecular complexity index is 1450. The average Bonchev–Trinajstić information content (AvgIpc) is 3.60. The molecule has 0 aliphatic heterocycles. The molecule has 1 unspecified atom stereocenters. The third-order valence-electron chi connectivity index (χ3n) is 4.81. The predicted molar refractivity (Wildman–Crippen MR) is 124 cm³/mol. The first-order chi connectivity index (χ1) is 16.0. The molecular formula is C20H17N9O2S2. The first-order valence-electron chi connectivity index (χ1n) is 9.79. The molecule has 5 rings (SSSR count). The Morgan fingerprint density at radius 3 is 2.88 bits per heavy atom. The second-order valence-corrected chi connectivity index (χ2v) is 9.09. The van der Waals surface area contributed by atoms with Crippen molar-refractivity contribution in [1.29, 1.82) is 0 Å². The highest BCUT2D eigenvalue weighted by Gasteiger charge is 2.21. The van der Waals surface area contributed by atoms with Crippen molar-refractivity contribution in [3.8, 4) is 10.6 Å². The van der Waals surface area contributed by atoms with Gasteiger partial charge in [-0.1, -0.05) is 6.07 Å². The largest absolute Gasteiger partial charge is 0.342 e. The van der Waals surface area contributed by atoms with E-state index in [-0.39, 0.29) is 17.5 Å². The number of hydrogen-bond acceptors (Lipinski definition) is 9. The second-order valence-electron chi connectivity index (χ2n) is 7.08. The van der Waals surface area contributed by atoms with E-state index in [1.54, 1.807) is 42.3 Å². The number of nitrogens with zero attached hydrogens (tertiary/aromatic N) is 6. The smallest absolute Gasteiger partial charge is 0.271 e. The summed E-state index contributed by atoms with van der Waals surface area (Å²) in [7, 11) is 1.74. The summed E-state index contributed by atoms with van der Waals surface area (Å²) >= 11 is 2.76. The molecule has 0 fully saturated rings. The summed E-state index contributed by atoms with van der Waals surface area (Å²) in [6, 6.07) is 5.24. The van der Waals surface area contributed by atoms with Gasteiger partial charge in [-0.05, 0) is 18.4 Å². The standard InChI is InChI=1S/C20H17N9O2S2/c1-10(25-19(31)16-11-7-24-29(2)17(11)23-9-22-16)20-21-8-14(33-20)18(30)26-15-6-12(27-28-15)13-4-3-5-32-13/h3-10H,1-2H3,(H,25,31)(H2,26,27,28,30). The SMILES string of the molecule is CC(NC(=O)c1ncnc2c1cnn2C)c1ncc(C(=O)Nc2cc(-c3cccs3)n[nH]2)s1. The van der Waals surface area contributed by atoms with Gasteiger partial charge in [0.05, 0.1) is 28.7 Å². The third kappa shape index (κ3) is 4.10. The van der Waals surface area contributed by atoms with Gasteiger partial charge >= 0.3 is 0 Å². The number of thiophene rings is 1. The van der Waals surface area contributed by atoms with Gasteiger partial charge in [0.15, 0.2) is 5.65 Å². The molecule has 1 atom stereocenters. The molecule has 11 nitrogen and oxygen atoms in total. The fourth-order valence-electron chi connectivity index (χ4n) is 3.18. The van der Waals surface area contributed by atoms with E-state index in [0.29, 0.717) is 26.7 Å². The molecule has 0 aromatic carbocycles. The maximum absolute atomic E-state index is 12.8. The monoisotopic (exact) mass is 479 g/mol.